The van der Waals surface area contributed by atoms with Crippen LogP contribution in [0.15, 0.2) is 36.7 Å². The molecule has 0 N–H and O–H groups in total. The Balaban J connectivity index is 0.000000221. The summed E-state index contributed by atoms with van der Waals surface area (Å²) < 4.78 is 20.9. The molecule has 2 aromatic rings. The Bertz CT molecular complexity index is 500. The molecule has 0 saturated heterocycles. The molecule has 0 radical (unpaired) electrons. The molecular formula is C9H12N4O2S. The second-order valence-electron chi connectivity index (χ2n) is 3.23. The number of sulfone groups is 1. The number of aromatic nitrogens is 4. The lowest BCUT2D eigenvalue weighted by atomic mass is 10.3. The van der Waals surface area contributed by atoms with Crippen LogP contribution in [0, 0.1) is 0 Å². The van der Waals surface area contributed by atoms with Gasteiger partial charge in [-0.1, -0.05) is 18.2 Å². The number of tetrazole rings is 1. The van der Waals surface area contributed by atoms with Crippen molar-refractivity contribution in [1.82, 2.24) is 20.2 Å². The maximum absolute atomic E-state index is 9.63. The quantitative estimate of drug-likeness (QED) is 0.717. The molecule has 0 aliphatic heterocycles. The highest BCUT2D eigenvalue weighted by atomic mass is 32.2. The maximum Gasteiger partial charge on any atom is 0.144 e. The average molecular weight is 240 g/mol. The first kappa shape index (κ1) is 12.3. The van der Waals surface area contributed by atoms with E-state index in [0.717, 1.165) is 18.2 Å². The van der Waals surface area contributed by atoms with Crippen molar-refractivity contribution >= 4 is 9.84 Å². The minimum Gasteiger partial charge on any atom is -0.229 e. The van der Waals surface area contributed by atoms with E-state index >= 15 is 0 Å². The third kappa shape index (κ3) is 5.20. The molecule has 0 saturated carbocycles. The first-order chi connectivity index (χ1) is 7.47. The average Bonchev–Trinajstić information content (AvgIpc) is 2.69. The Morgan fingerprint density at radius 1 is 1.12 bits per heavy atom. The molecule has 7 heteroatoms. The van der Waals surface area contributed by atoms with Crippen LogP contribution in [-0.4, -0.2) is 41.1 Å². The van der Waals surface area contributed by atoms with Gasteiger partial charge in [0.05, 0.1) is 5.69 Å². The van der Waals surface area contributed by atoms with Gasteiger partial charge in [0.2, 0.25) is 0 Å². The van der Waals surface area contributed by atoms with Gasteiger partial charge in [-0.05, 0) is 22.6 Å². The topological polar surface area (TPSA) is 77.7 Å². The van der Waals surface area contributed by atoms with Crippen molar-refractivity contribution in [1.29, 1.82) is 0 Å². The smallest absolute Gasteiger partial charge is 0.144 e. The molecule has 0 aliphatic rings. The number of para-hydroxylation sites is 1. The molecule has 86 valence electrons. The van der Waals surface area contributed by atoms with Crippen LogP contribution in [0.5, 0.6) is 0 Å². The van der Waals surface area contributed by atoms with Crippen molar-refractivity contribution in [3.63, 3.8) is 0 Å². The summed E-state index contributed by atoms with van der Waals surface area (Å²) in [6.45, 7) is 0. The zero-order valence-corrected chi connectivity index (χ0v) is 9.79. The Morgan fingerprint density at radius 2 is 1.69 bits per heavy atom. The van der Waals surface area contributed by atoms with E-state index in [1.807, 2.05) is 30.3 Å². The van der Waals surface area contributed by atoms with Crippen LogP contribution in [0.3, 0.4) is 0 Å². The Morgan fingerprint density at radius 3 is 2.12 bits per heavy atom. The van der Waals surface area contributed by atoms with Crippen molar-refractivity contribution in [2.75, 3.05) is 12.5 Å². The third-order valence-corrected chi connectivity index (χ3v) is 1.37. The number of nitrogens with zero attached hydrogens (tertiary/aromatic N) is 4. The zero-order chi connectivity index (χ0) is 12.0. The highest BCUT2D eigenvalue weighted by molar-refractivity contribution is 7.89. The van der Waals surface area contributed by atoms with Gasteiger partial charge < -0.3 is 0 Å². The van der Waals surface area contributed by atoms with Gasteiger partial charge in [0, 0.05) is 12.5 Å². The molecule has 6 nitrogen and oxygen atoms in total. The van der Waals surface area contributed by atoms with E-state index in [1.54, 1.807) is 11.0 Å². The molecule has 0 atom stereocenters. The zero-order valence-electron chi connectivity index (χ0n) is 8.98. The van der Waals surface area contributed by atoms with Crippen LogP contribution >= 0.6 is 0 Å². The standard InChI is InChI=1S/C7H6N4.C2H6O2S/c1-2-4-7(5-3-1)11-6-8-9-10-11;1-5(2,3)4/h1-6H;1-2H3. The fraction of sp³-hybridized carbons (Fsp3) is 0.222. The molecule has 1 heterocycles. The lowest BCUT2D eigenvalue weighted by Gasteiger charge is -1.94. The first-order valence-electron chi connectivity index (χ1n) is 4.40. The number of hydrogen-bond donors (Lipinski definition) is 0. The van der Waals surface area contributed by atoms with Crippen LogP contribution in [0.2, 0.25) is 0 Å². The molecule has 0 amide bonds. The van der Waals surface area contributed by atoms with Crippen LogP contribution in [0.4, 0.5) is 0 Å². The minimum absolute atomic E-state index is 0.970. The Hall–Kier alpha value is -1.76. The third-order valence-electron chi connectivity index (χ3n) is 1.37. The molecule has 0 unspecified atom stereocenters. The van der Waals surface area contributed by atoms with Gasteiger partial charge in [0.1, 0.15) is 16.2 Å². The van der Waals surface area contributed by atoms with Gasteiger partial charge in [-0.3, -0.25) is 0 Å². The first-order valence-corrected chi connectivity index (χ1v) is 6.70. The van der Waals surface area contributed by atoms with Gasteiger partial charge in [0.25, 0.3) is 0 Å². The van der Waals surface area contributed by atoms with Crippen LogP contribution in [-0.2, 0) is 9.84 Å². The van der Waals surface area contributed by atoms with E-state index in [0.29, 0.717) is 0 Å². The van der Waals surface area contributed by atoms with E-state index in [9.17, 15) is 8.42 Å². The molecule has 0 bridgehead atoms. The van der Waals surface area contributed by atoms with E-state index < -0.39 is 9.84 Å². The molecule has 1 aromatic heterocycles. The number of hydrogen-bond acceptors (Lipinski definition) is 5. The van der Waals surface area contributed by atoms with Gasteiger partial charge >= 0.3 is 0 Å². The van der Waals surface area contributed by atoms with Crippen LogP contribution in [0.25, 0.3) is 5.69 Å². The van der Waals surface area contributed by atoms with Gasteiger partial charge in [-0.2, -0.15) is 0 Å². The molecule has 0 aliphatic carbocycles. The summed E-state index contributed by atoms with van der Waals surface area (Å²) in [6, 6.07) is 9.72. The van der Waals surface area contributed by atoms with Crippen LogP contribution < -0.4 is 0 Å². The molecule has 2 rings (SSSR count). The summed E-state index contributed by atoms with van der Waals surface area (Å²) in [6.07, 6.45) is 3.88. The monoisotopic (exact) mass is 240 g/mol. The Kier molecular flexibility index (Phi) is 4.12. The minimum atomic E-state index is -2.67. The fourth-order valence-electron chi connectivity index (χ4n) is 0.860. The van der Waals surface area contributed by atoms with Crippen molar-refractivity contribution in [2.45, 2.75) is 0 Å². The highest BCUT2D eigenvalue weighted by Crippen LogP contribution is 2.01. The SMILES string of the molecule is CS(C)(=O)=O.c1ccc(-n2cnnn2)cc1. The van der Waals surface area contributed by atoms with Gasteiger partial charge in [-0.25, -0.2) is 13.1 Å². The summed E-state index contributed by atoms with van der Waals surface area (Å²) in [7, 11) is -2.67. The summed E-state index contributed by atoms with van der Waals surface area (Å²) >= 11 is 0. The van der Waals surface area contributed by atoms with E-state index in [2.05, 4.69) is 15.5 Å². The molecule has 1 aromatic carbocycles. The van der Waals surface area contributed by atoms with Gasteiger partial charge in [0.15, 0.2) is 0 Å². The van der Waals surface area contributed by atoms with E-state index in [4.69, 9.17) is 0 Å². The number of rotatable bonds is 1. The largest absolute Gasteiger partial charge is 0.229 e. The van der Waals surface area contributed by atoms with Gasteiger partial charge in [-0.15, -0.1) is 5.10 Å². The summed E-state index contributed by atoms with van der Waals surface area (Å²) in [5, 5.41) is 10.8. The second-order valence-corrected chi connectivity index (χ2v) is 5.52. The predicted molar refractivity (Wildman–Crippen MR) is 59.9 cm³/mol. The molecule has 0 spiro atoms. The van der Waals surface area contributed by atoms with Crippen molar-refractivity contribution in [2.24, 2.45) is 0 Å². The van der Waals surface area contributed by atoms with Crippen molar-refractivity contribution in [3.8, 4) is 5.69 Å². The van der Waals surface area contributed by atoms with Crippen molar-refractivity contribution < 1.29 is 8.42 Å². The summed E-state index contributed by atoms with van der Waals surface area (Å²) in [5.74, 6) is 0. The summed E-state index contributed by atoms with van der Waals surface area (Å²) in [5.41, 5.74) is 0.970. The summed E-state index contributed by atoms with van der Waals surface area (Å²) in [4.78, 5) is 0. The molecule has 0 fully saturated rings. The molecule has 16 heavy (non-hydrogen) atoms. The van der Waals surface area contributed by atoms with E-state index in [1.165, 1.54) is 0 Å². The lowest BCUT2D eigenvalue weighted by molar-refractivity contribution is 0.607. The second kappa shape index (κ2) is 5.36. The van der Waals surface area contributed by atoms with E-state index in [-0.39, 0.29) is 0 Å². The predicted octanol–water partition coefficient (Wildman–Crippen LogP) is 0.323. The molecular weight excluding hydrogens is 228 g/mol. The maximum atomic E-state index is 9.63. The highest BCUT2D eigenvalue weighted by Gasteiger charge is 1.92. The normalized spacial score (nSPS) is 10.4. The van der Waals surface area contributed by atoms with Crippen LogP contribution in [0.1, 0.15) is 0 Å². The lowest BCUT2D eigenvalue weighted by Crippen LogP contribution is -1.93. The van der Waals surface area contributed by atoms with Crippen molar-refractivity contribution in [3.05, 3.63) is 36.7 Å². The Labute approximate surface area is 93.8 Å². The fourth-order valence-corrected chi connectivity index (χ4v) is 0.860. The number of benzene rings is 1.